The number of benzene rings is 1. The number of hydrogen-bond donors (Lipinski definition) is 2. The number of sulfonamides is 1. The lowest BCUT2D eigenvalue weighted by Crippen LogP contribution is -2.46. The van der Waals surface area contributed by atoms with Gasteiger partial charge in [0, 0.05) is 11.6 Å². The van der Waals surface area contributed by atoms with Gasteiger partial charge in [-0.05, 0) is 65.3 Å². The maximum absolute atomic E-state index is 12.2. The lowest BCUT2D eigenvalue weighted by atomic mass is 10.1. The molecule has 2 unspecified atom stereocenters. The molecular weight excluding hydrogens is 356 g/mol. The molecule has 0 aromatic heterocycles. The van der Waals surface area contributed by atoms with E-state index in [4.69, 9.17) is 4.74 Å². The Morgan fingerprint density at radius 1 is 1.12 bits per heavy atom. The number of hydrogen-bond acceptors (Lipinski definition) is 5. The second-order valence-corrected chi connectivity index (χ2v) is 8.96. The Morgan fingerprint density at radius 3 is 2.12 bits per heavy atom. The molecule has 2 atom stereocenters. The van der Waals surface area contributed by atoms with E-state index in [0.717, 1.165) is 0 Å². The third-order valence-corrected chi connectivity index (χ3v) is 5.13. The molecule has 7 nitrogen and oxygen atoms in total. The fourth-order valence-corrected chi connectivity index (χ4v) is 3.27. The van der Waals surface area contributed by atoms with Crippen LogP contribution in [-0.2, 0) is 19.6 Å². The average Bonchev–Trinajstić information content (AvgIpc) is 2.52. The van der Waals surface area contributed by atoms with E-state index in [-0.39, 0.29) is 16.5 Å². The summed E-state index contributed by atoms with van der Waals surface area (Å²) in [6, 6.07) is 5.21. The number of ether oxygens (including phenoxy) is 1. The van der Waals surface area contributed by atoms with E-state index in [1.54, 1.807) is 6.92 Å². The van der Waals surface area contributed by atoms with Gasteiger partial charge in [0.15, 0.2) is 6.10 Å². The normalized spacial score (nSPS) is 14.4. The van der Waals surface area contributed by atoms with Gasteiger partial charge in [0.2, 0.25) is 10.0 Å². The van der Waals surface area contributed by atoms with Crippen LogP contribution in [-0.4, -0.2) is 38.0 Å². The number of amides is 1. The Kier molecular flexibility index (Phi) is 7.35. The molecule has 0 aliphatic rings. The van der Waals surface area contributed by atoms with Crippen molar-refractivity contribution in [1.29, 1.82) is 0 Å². The molecular formula is C18H28N2O5S. The molecule has 0 radical (unpaired) electrons. The Balaban J connectivity index is 2.79. The summed E-state index contributed by atoms with van der Waals surface area (Å²) >= 11 is 0. The molecule has 1 aromatic carbocycles. The van der Waals surface area contributed by atoms with Crippen LogP contribution in [0, 0.1) is 0 Å². The van der Waals surface area contributed by atoms with Crippen molar-refractivity contribution in [2.45, 2.75) is 70.5 Å². The molecule has 0 heterocycles. The van der Waals surface area contributed by atoms with Gasteiger partial charge in [-0.2, -0.15) is 0 Å². The highest BCUT2D eigenvalue weighted by Gasteiger charge is 2.23. The molecule has 0 saturated heterocycles. The lowest BCUT2D eigenvalue weighted by Gasteiger charge is -2.23. The third-order valence-electron chi connectivity index (χ3n) is 3.52. The van der Waals surface area contributed by atoms with Crippen molar-refractivity contribution in [2.24, 2.45) is 0 Å². The van der Waals surface area contributed by atoms with Crippen molar-refractivity contribution in [1.82, 2.24) is 10.0 Å². The number of esters is 1. The molecule has 0 spiro atoms. The van der Waals surface area contributed by atoms with Crippen LogP contribution in [0.3, 0.4) is 0 Å². The summed E-state index contributed by atoms with van der Waals surface area (Å²) in [5, 5.41) is 2.72. The van der Waals surface area contributed by atoms with E-state index in [2.05, 4.69) is 10.0 Å². The quantitative estimate of drug-likeness (QED) is 0.702. The molecule has 8 heteroatoms. The van der Waals surface area contributed by atoms with Crippen LogP contribution in [0.15, 0.2) is 29.2 Å². The van der Waals surface area contributed by atoms with Crippen LogP contribution in [0.5, 0.6) is 0 Å². The minimum Gasteiger partial charge on any atom is -0.449 e. The molecule has 1 amide bonds. The smallest absolute Gasteiger partial charge is 0.338 e. The first kappa shape index (κ1) is 22.1. The van der Waals surface area contributed by atoms with Gasteiger partial charge in [-0.3, -0.25) is 4.79 Å². The van der Waals surface area contributed by atoms with Crippen LogP contribution < -0.4 is 10.0 Å². The topological polar surface area (TPSA) is 102 Å². The second-order valence-electron chi connectivity index (χ2n) is 7.24. The molecule has 0 aliphatic carbocycles. The lowest BCUT2D eigenvalue weighted by molar-refractivity contribution is -0.130. The van der Waals surface area contributed by atoms with Crippen molar-refractivity contribution < 1.29 is 22.7 Å². The molecule has 0 saturated carbocycles. The van der Waals surface area contributed by atoms with E-state index >= 15 is 0 Å². The van der Waals surface area contributed by atoms with Crippen LogP contribution in [0.1, 0.15) is 58.3 Å². The van der Waals surface area contributed by atoms with Gasteiger partial charge >= 0.3 is 5.97 Å². The first-order chi connectivity index (χ1) is 11.9. The first-order valence-electron chi connectivity index (χ1n) is 8.51. The Morgan fingerprint density at radius 2 is 1.65 bits per heavy atom. The van der Waals surface area contributed by atoms with E-state index < -0.39 is 33.5 Å². The molecule has 2 N–H and O–H groups in total. The number of nitrogens with one attached hydrogen (secondary N) is 2. The van der Waals surface area contributed by atoms with Gasteiger partial charge in [0.25, 0.3) is 5.91 Å². The number of carbonyl (C=O) groups is 2. The highest BCUT2D eigenvalue weighted by molar-refractivity contribution is 7.89. The predicted molar refractivity (Wildman–Crippen MR) is 99.3 cm³/mol. The summed E-state index contributed by atoms with van der Waals surface area (Å²) in [6.07, 6.45) is -0.296. The molecule has 146 valence electrons. The zero-order chi connectivity index (χ0) is 20.1. The maximum atomic E-state index is 12.2. The van der Waals surface area contributed by atoms with Crippen molar-refractivity contribution in [3.63, 3.8) is 0 Å². The van der Waals surface area contributed by atoms with Gasteiger partial charge in [-0.15, -0.1) is 0 Å². The van der Waals surface area contributed by atoms with Gasteiger partial charge in [-0.25, -0.2) is 17.9 Å². The van der Waals surface area contributed by atoms with Crippen molar-refractivity contribution in [3.05, 3.63) is 29.8 Å². The van der Waals surface area contributed by atoms with E-state index in [9.17, 15) is 18.0 Å². The molecule has 1 rings (SSSR count). The largest absolute Gasteiger partial charge is 0.449 e. The summed E-state index contributed by atoms with van der Waals surface area (Å²) in [4.78, 5) is 24.2. The second kappa shape index (κ2) is 8.64. The van der Waals surface area contributed by atoms with Gasteiger partial charge in [-0.1, -0.05) is 6.92 Å². The zero-order valence-electron chi connectivity index (χ0n) is 16.1. The van der Waals surface area contributed by atoms with Crippen molar-refractivity contribution >= 4 is 21.9 Å². The number of rotatable bonds is 7. The van der Waals surface area contributed by atoms with Crippen molar-refractivity contribution in [2.75, 3.05) is 0 Å². The minimum atomic E-state index is -3.64. The highest BCUT2D eigenvalue weighted by Crippen LogP contribution is 2.13. The summed E-state index contributed by atoms with van der Waals surface area (Å²) < 4.78 is 32.1. The summed E-state index contributed by atoms with van der Waals surface area (Å²) in [5.74, 6) is -1.09. The summed E-state index contributed by atoms with van der Waals surface area (Å²) in [7, 11) is -3.64. The standard InChI is InChI=1S/C18H28N2O5S/c1-7-12(2)20-26(23,24)15-10-8-14(9-11-15)17(22)25-13(3)16(21)19-18(4,5)6/h8-13,20H,7H2,1-6H3,(H,19,21). The summed E-state index contributed by atoms with van der Waals surface area (Å²) in [5.41, 5.74) is -0.265. The fraction of sp³-hybridized carbons (Fsp3) is 0.556. The Hall–Kier alpha value is -1.93. The minimum absolute atomic E-state index is 0.0628. The van der Waals surface area contributed by atoms with E-state index in [0.29, 0.717) is 6.42 Å². The van der Waals surface area contributed by atoms with Gasteiger partial charge in [0.05, 0.1) is 10.5 Å². The molecule has 0 aliphatic heterocycles. The molecule has 26 heavy (non-hydrogen) atoms. The van der Waals surface area contributed by atoms with E-state index in [1.165, 1.54) is 31.2 Å². The van der Waals surface area contributed by atoms with Crippen LogP contribution in [0.25, 0.3) is 0 Å². The highest BCUT2D eigenvalue weighted by atomic mass is 32.2. The zero-order valence-corrected chi connectivity index (χ0v) is 16.9. The molecule has 0 fully saturated rings. The van der Waals surface area contributed by atoms with Crippen LogP contribution in [0.4, 0.5) is 0 Å². The maximum Gasteiger partial charge on any atom is 0.338 e. The first-order valence-corrected chi connectivity index (χ1v) is 9.99. The molecule has 1 aromatic rings. The van der Waals surface area contributed by atoms with Gasteiger partial charge < -0.3 is 10.1 Å². The predicted octanol–water partition coefficient (Wildman–Crippen LogP) is 2.22. The Labute approximate surface area is 155 Å². The monoisotopic (exact) mass is 384 g/mol. The van der Waals surface area contributed by atoms with Crippen molar-refractivity contribution in [3.8, 4) is 0 Å². The van der Waals surface area contributed by atoms with Crippen LogP contribution >= 0.6 is 0 Å². The van der Waals surface area contributed by atoms with E-state index in [1.807, 2.05) is 27.7 Å². The number of carbonyl (C=O) groups excluding carboxylic acids is 2. The SMILES string of the molecule is CCC(C)NS(=O)(=O)c1ccc(C(=O)OC(C)C(=O)NC(C)(C)C)cc1. The average molecular weight is 384 g/mol. The summed E-state index contributed by atoms with van der Waals surface area (Å²) in [6.45, 7) is 10.6. The molecule has 0 bridgehead atoms. The third kappa shape index (κ3) is 6.76. The fourth-order valence-electron chi connectivity index (χ4n) is 1.94. The van der Waals surface area contributed by atoms with Gasteiger partial charge in [0.1, 0.15) is 0 Å². The van der Waals surface area contributed by atoms with Crippen LogP contribution in [0.2, 0.25) is 0 Å². The Bertz CT molecular complexity index is 736.